The van der Waals surface area contributed by atoms with Crippen molar-refractivity contribution in [1.29, 1.82) is 0 Å². The third kappa shape index (κ3) is 4.78. The second-order valence-corrected chi connectivity index (χ2v) is 5.64. The van der Waals surface area contributed by atoms with Gasteiger partial charge in [-0.1, -0.05) is 11.8 Å². The molecule has 1 aromatic heterocycles. The molecule has 2 rings (SSSR count). The van der Waals surface area contributed by atoms with Gasteiger partial charge in [0.05, 0.1) is 18.4 Å². The predicted molar refractivity (Wildman–Crippen MR) is 71.3 cm³/mol. The predicted octanol–water partition coefficient (Wildman–Crippen LogP) is 3.39. The van der Waals surface area contributed by atoms with Gasteiger partial charge in [-0.05, 0) is 31.9 Å². The van der Waals surface area contributed by atoms with Gasteiger partial charge < -0.3 is 14.5 Å². The van der Waals surface area contributed by atoms with Crippen LogP contribution in [0.5, 0.6) is 0 Å². The van der Waals surface area contributed by atoms with Crippen molar-refractivity contribution >= 4 is 11.8 Å². The maximum absolute atomic E-state index is 12.0. The molecule has 1 fully saturated rings. The molecule has 108 valence electrons. The second kappa shape index (κ2) is 7.26. The third-order valence-electron chi connectivity index (χ3n) is 3.19. The molecular formula is C13H19F2NO2S. The van der Waals surface area contributed by atoms with Crippen molar-refractivity contribution in [2.24, 2.45) is 0 Å². The van der Waals surface area contributed by atoms with Crippen LogP contribution >= 0.6 is 11.8 Å². The Hall–Kier alpha value is -0.590. The monoisotopic (exact) mass is 291 g/mol. The van der Waals surface area contributed by atoms with Crippen LogP contribution in [0.4, 0.5) is 8.78 Å². The average Bonchev–Trinajstić information content (AvgIpc) is 3.04. The lowest BCUT2D eigenvalue weighted by Gasteiger charge is -2.19. The van der Waals surface area contributed by atoms with Gasteiger partial charge in [-0.15, -0.1) is 0 Å². The van der Waals surface area contributed by atoms with Crippen LogP contribution in [0.2, 0.25) is 0 Å². The molecule has 6 heteroatoms. The van der Waals surface area contributed by atoms with Crippen LogP contribution in [0.15, 0.2) is 16.5 Å². The molecule has 1 N–H and O–H groups in total. The summed E-state index contributed by atoms with van der Waals surface area (Å²) in [4.78, 5) is 0. The average molecular weight is 291 g/mol. The number of furan rings is 1. The fraction of sp³-hybridized carbons (Fsp3) is 0.692. The fourth-order valence-electron chi connectivity index (χ4n) is 2.13. The number of hydrogen-bond donors (Lipinski definition) is 1. The first-order valence-corrected chi connectivity index (χ1v) is 7.52. The molecule has 0 aromatic carbocycles. The normalized spacial score (nSPS) is 21.2. The van der Waals surface area contributed by atoms with E-state index >= 15 is 0 Å². The number of thioether (sulfide) groups is 1. The van der Waals surface area contributed by atoms with Crippen molar-refractivity contribution in [3.63, 3.8) is 0 Å². The van der Waals surface area contributed by atoms with Crippen LogP contribution in [0.1, 0.15) is 31.3 Å². The van der Waals surface area contributed by atoms with Gasteiger partial charge >= 0.3 is 0 Å². The minimum absolute atomic E-state index is 0.207. The molecule has 0 radical (unpaired) electrons. The molecule has 1 aliphatic rings. The van der Waals surface area contributed by atoms with E-state index in [1.54, 1.807) is 6.07 Å². The SMILES string of the molecule is CC(NCc1ccc(CSC(F)F)o1)C1CCCO1. The fourth-order valence-corrected chi connectivity index (χ4v) is 2.58. The second-order valence-electron chi connectivity index (χ2n) is 4.66. The zero-order valence-corrected chi connectivity index (χ0v) is 11.7. The van der Waals surface area contributed by atoms with Crippen LogP contribution in [-0.4, -0.2) is 24.5 Å². The van der Waals surface area contributed by atoms with E-state index in [1.165, 1.54) is 0 Å². The summed E-state index contributed by atoms with van der Waals surface area (Å²) in [6.45, 7) is 3.53. The van der Waals surface area contributed by atoms with Gasteiger partial charge in [0, 0.05) is 12.6 Å². The lowest BCUT2D eigenvalue weighted by molar-refractivity contribution is 0.0825. The highest BCUT2D eigenvalue weighted by Crippen LogP contribution is 2.21. The molecule has 0 spiro atoms. The van der Waals surface area contributed by atoms with Crippen LogP contribution in [0.25, 0.3) is 0 Å². The van der Waals surface area contributed by atoms with E-state index in [0.29, 0.717) is 24.1 Å². The van der Waals surface area contributed by atoms with Crippen molar-refractivity contribution in [2.75, 3.05) is 6.61 Å². The van der Waals surface area contributed by atoms with Gasteiger partial charge in [0.25, 0.3) is 5.76 Å². The minimum Gasteiger partial charge on any atom is -0.464 e. The van der Waals surface area contributed by atoms with Crippen molar-refractivity contribution in [1.82, 2.24) is 5.32 Å². The summed E-state index contributed by atoms with van der Waals surface area (Å²) in [6, 6.07) is 3.85. The van der Waals surface area contributed by atoms with Gasteiger partial charge in [-0.3, -0.25) is 0 Å². The van der Waals surface area contributed by atoms with Gasteiger partial charge in [-0.2, -0.15) is 8.78 Å². The standard InChI is InChI=1S/C13H19F2NO2S/c1-9(12-3-2-6-17-12)16-7-10-4-5-11(18-10)8-19-13(14)15/h4-5,9,12-13,16H,2-3,6-8H2,1H3. The van der Waals surface area contributed by atoms with E-state index in [4.69, 9.17) is 9.15 Å². The van der Waals surface area contributed by atoms with E-state index in [0.717, 1.165) is 25.2 Å². The molecule has 0 bridgehead atoms. The van der Waals surface area contributed by atoms with Crippen LogP contribution in [0.3, 0.4) is 0 Å². The molecular weight excluding hydrogens is 272 g/mol. The molecule has 0 amide bonds. The van der Waals surface area contributed by atoms with Gasteiger partial charge in [0.2, 0.25) is 0 Å². The van der Waals surface area contributed by atoms with Gasteiger partial charge in [-0.25, -0.2) is 0 Å². The van der Waals surface area contributed by atoms with Crippen LogP contribution in [-0.2, 0) is 17.0 Å². The summed E-state index contributed by atoms with van der Waals surface area (Å²) in [5, 5.41) is 3.35. The third-order valence-corrected chi connectivity index (χ3v) is 3.89. The lowest BCUT2D eigenvalue weighted by Crippen LogP contribution is -2.36. The Morgan fingerprint density at radius 1 is 1.42 bits per heavy atom. The Morgan fingerprint density at radius 2 is 2.21 bits per heavy atom. The number of alkyl halides is 2. The molecule has 1 aliphatic heterocycles. The summed E-state index contributed by atoms with van der Waals surface area (Å²) in [7, 11) is 0. The molecule has 19 heavy (non-hydrogen) atoms. The summed E-state index contributed by atoms with van der Waals surface area (Å²) in [5.41, 5.74) is 0. The molecule has 2 atom stereocenters. The van der Waals surface area contributed by atoms with E-state index in [2.05, 4.69) is 12.2 Å². The summed E-state index contributed by atoms with van der Waals surface area (Å²) in [5.74, 6) is -0.785. The molecule has 0 saturated carbocycles. The first-order valence-electron chi connectivity index (χ1n) is 6.47. The zero-order valence-electron chi connectivity index (χ0n) is 10.9. The summed E-state index contributed by atoms with van der Waals surface area (Å²) >= 11 is 0.575. The van der Waals surface area contributed by atoms with Gasteiger partial charge in [0.1, 0.15) is 11.5 Å². The summed E-state index contributed by atoms with van der Waals surface area (Å²) < 4.78 is 35.2. The Balaban J connectivity index is 1.73. The summed E-state index contributed by atoms with van der Waals surface area (Å²) in [6.07, 6.45) is 2.47. The maximum atomic E-state index is 12.0. The topological polar surface area (TPSA) is 34.4 Å². The number of rotatable bonds is 7. The molecule has 1 aromatic rings. The molecule has 0 aliphatic carbocycles. The first-order chi connectivity index (χ1) is 9.15. The zero-order chi connectivity index (χ0) is 13.7. The minimum atomic E-state index is -2.36. The molecule has 3 nitrogen and oxygen atoms in total. The van der Waals surface area contributed by atoms with E-state index in [-0.39, 0.29) is 17.9 Å². The Morgan fingerprint density at radius 3 is 2.89 bits per heavy atom. The van der Waals surface area contributed by atoms with E-state index in [9.17, 15) is 8.78 Å². The molecule has 2 unspecified atom stereocenters. The van der Waals surface area contributed by atoms with Crippen molar-refractivity contribution < 1.29 is 17.9 Å². The van der Waals surface area contributed by atoms with E-state index in [1.807, 2.05) is 6.07 Å². The number of ether oxygens (including phenoxy) is 1. The number of halogens is 2. The highest BCUT2D eigenvalue weighted by atomic mass is 32.2. The van der Waals surface area contributed by atoms with Crippen molar-refractivity contribution in [2.45, 2.75) is 50.0 Å². The molecule has 2 heterocycles. The van der Waals surface area contributed by atoms with Crippen LogP contribution < -0.4 is 5.32 Å². The highest BCUT2D eigenvalue weighted by Gasteiger charge is 2.22. The Labute approximate surface area is 116 Å². The lowest BCUT2D eigenvalue weighted by atomic mass is 10.1. The maximum Gasteiger partial charge on any atom is 0.284 e. The van der Waals surface area contributed by atoms with Gasteiger partial charge in [0.15, 0.2) is 0 Å². The number of nitrogens with one attached hydrogen (secondary N) is 1. The largest absolute Gasteiger partial charge is 0.464 e. The smallest absolute Gasteiger partial charge is 0.284 e. The van der Waals surface area contributed by atoms with Crippen LogP contribution in [0, 0.1) is 0 Å². The Kier molecular flexibility index (Phi) is 5.66. The van der Waals surface area contributed by atoms with Crippen molar-refractivity contribution in [3.05, 3.63) is 23.7 Å². The number of hydrogen-bond acceptors (Lipinski definition) is 4. The Bertz CT molecular complexity index is 380. The van der Waals surface area contributed by atoms with Crippen molar-refractivity contribution in [3.8, 4) is 0 Å². The van der Waals surface area contributed by atoms with E-state index < -0.39 is 5.76 Å². The highest BCUT2D eigenvalue weighted by molar-refractivity contribution is 7.98. The first kappa shape index (κ1) is 14.8. The quantitative estimate of drug-likeness (QED) is 0.835. The molecule has 1 saturated heterocycles.